The average molecular weight is 304 g/mol. The summed E-state index contributed by atoms with van der Waals surface area (Å²) in [6.07, 6.45) is 5.63. The molecule has 0 unspecified atom stereocenters. The van der Waals surface area contributed by atoms with Gasteiger partial charge in [-0.2, -0.15) is 0 Å². The first kappa shape index (κ1) is 15.9. The summed E-state index contributed by atoms with van der Waals surface area (Å²) in [4.78, 5) is 5.04. The lowest BCUT2D eigenvalue weighted by molar-refractivity contribution is 0.264. The van der Waals surface area contributed by atoms with Crippen LogP contribution in [0.3, 0.4) is 0 Å². The van der Waals surface area contributed by atoms with Crippen LogP contribution in [0, 0.1) is 0 Å². The Balaban J connectivity index is 2.06. The number of allylic oxidation sites excluding steroid dienone is 1. The number of rotatable bonds is 3. The predicted molar refractivity (Wildman–Crippen MR) is 101 cm³/mol. The Morgan fingerprint density at radius 2 is 1.35 bits per heavy atom. The van der Waals surface area contributed by atoms with Gasteiger partial charge in [-0.1, -0.05) is 48.6 Å². The van der Waals surface area contributed by atoms with E-state index in [0.717, 1.165) is 12.9 Å². The van der Waals surface area contributed by atoms with Gasteiger partial charge in [-0.25, -0.2) is 0 Å². The van der Waals surface area contributed by atoms with Crippen LogP contribution >= 0.6 is 0 Å². The summed E-state index contributed by atoms with van der Waals surface area (Å²) in [5, 5.41) is 0. The van der Waals surface area contributed by atoms with Crippen molar-refractivity contribution in [1.29, 1.82) is 0 Å². The number of benzene rings is 2. The second-order valence-electron chi connectivity index (χ2n) is 7.05. The monoisotopic (exact) mass is 304 g/mol. The maximum absolute atomic E-state index is 2.58. The van der Waals surface area contributed by atoms with E-state index >= 15 is 0 Å². The largest absolute Gasteiger partial charge is 0.371 e. The van der Waals surface area contributed by atoms with E-state index in [1.165, 1.54) is 11.4 Å². The lowest BCUT2D eigenvalue weighted by Gasteiger charge is -2.46. The van der Waals surface area contributed by atoms with Gasteiger partial charge in [0, 0.05) is 23.5 Å². The topological polar surface area (TPSA) is 6.48 Å². The van der Waals surface area contributed by atoms with Gasteiger partial charge in [-0.3, -0.25) is 0 Å². The Morgan fingerprint density at radius 1 is 0.826 bits per heavy atom. The van der Waals surface area contributed by atoms with Gasteiger partial charge in [0.25, 0.3) is 0 Å². The van der Waals surface area contributed by atoms with Crippen molar-refractivity contribution in [3.8, 4) is 0 Å². The van der Waals surface area contributed by atoms with Crippen LogP contribution in [0.4, 0.5) is 11.4 Å². The molecule has 2 nitrogen and oxygen atoms in total. The molecule has 1 heterocycles. The van der Waals surface area contributed by atoms with Gasteiger partial charge < -0.3 is 9.62 Å². The molecule has 1 aliphatic rings. The van der Waals surface area contributed by atoms with Gasteiger partial charge in [0.1, 0.15) is 0 Å². The van der Waals surface area contributed by atoms with Crippen molar-refractivity contribution < 1.29 is 0 Å². The summed E-state index contributed by atoms with van der Waals surface area (Å²) in [6.45, 7) is 8.21. The molecule has 0 radical (unpaired) electrons. The minimum atomic E-state index is 0.122. The van der Waals surface area contributed by atoms with E-state index in [2.05, 4.69) is 103 Å². The molecule has 23 heavy (non-hydrogen) atoms. The first-order valence-corrected chi connectivity index (χ1v) is 8.38. The molecule has 0 spiro atoms. The molecule has 0 saturated heterocycles. The molecule has 1 aliphatic heterocycles. The van der Waals surface area contributed by atoms with Gasteiger partial charge in [0.2, 0.25) is 0 Å². The number of nitrogens with zero attached hydrogens (tertiary/aromatic N) is 2. The molecule has 3 rings (SSSR count). The van der Waals surface area contributed by atoms with E-state index in [-0.39, 0.29) is 5.54 Å². The standard InChI is InChI=1S/C20H25BN2/c1-20(2,3)22-17-11-10-16-21(22)23(18-12-6-4-7-13-18)19-14-8-5-9-15-19/h4-15H,16-17H2,1-3H3. The molecule has 0 fully saturated rings. The summed E-state index contributed by atoms with van der Waals surface area (Å²) in [6, 6.07) is 21.4. The van der Waals surface area contributed by atoms with E-state index in [9.17, 15) is 0 Å². The van der Waals surface area contributed by atoms with E-state index < -0.39 is 0 Å². The third-order valence-electron chi connectivity index (χ3n) is 4.40. The van der Waals surface area contributed by atoms with Gasteiger partial charge in [-0.15, -0.1) is 0 Å². The van der Waals surface area contributed by atoms with E-state index in [0.29, 0.717) is 6.98 Å². The third kappa shape index (κ3) is 3.51. The van der Waals surface area contributed by atoms with E-state index in [1.807, 2.05) is 0 Å². The second kappa shape index (κ2) is 6.63. The Kier molecular flexibility index (Phi) is 4.58. The third-order valence-corrected chi connectivity index (χ3v) is 4.40. The van der Waals surface area contributed by atoms with Crippen LogP contribution in [-0.4, -0.2) is 23.9 Å². The number of hydrogen-bond acceptors (Lipinski definition) is 2. The van der Waals surface area contributed by atoms with Crippen molar-refractivity contribution in [2.75, 3.05) is 11.4 Å². The Bertz CT molecular complexity index is 607. The smallest absolute Gasteiger partial charge is 0.352 e. The first-order chi connectivity index (χ1) is 11.1. The van der Waals surface area contributed by atoms with Crippen LogP contribution in [0.5, 0.6) is 0 Å². The van der Waals surface area contributed by atoms with Crippen LogP contribution < -0.4 is 4.81 Å². The molecule has 0 atom stereocenters. The summed E-state index contributed by atoms with van der Waals surface area (Å²) in [5.74, 6) is 0. The molecule has 0 aromatic heterocycles. The van der Waals surface area contributed by atoms with Crippen molar-refractivity contribution in [1.82, 2.24) is 4.81 Å². The molecule has 3 heteroatoms. The van der Waals surface area contributed by atoms with Crippen molar-refractivity contribution in [2.45, 2.75) is 32.6 Å². The molecular formula is C20H25BN2. The predicted octanol–water partition coefficient (Wildman–Crippen LogP) is 4.98. The van der Waals surface area contributed by atoms with Gasteiger partial charge >= 0.3 is 6.98 Å². The van der Waals surface area contributed by atoms with Crippen molar-refractivity contribution >= 4 is 18.4 Å². The summed E-state index contributed by atoms with van der Waals surface area (Å²) in [7, 11) is 0. The lowest BCUT2D eigenvalue weighted by Crippen LogP contribution is -2.59. The quantitative estimate of drug-likeness (QED) is 0.582. The first-order valence-electron chi connectivity index (χ1n) is 8.38. The summed E-state index contributed by atoms with van der Waals surface area (Å²) in [5.41, 5.74) is 2.61. The fourth-order valence-corrected chi connectivity index (χ4v) is 3.29. The SMILES string of the molecule is CC(C)(C)N1CC=CCB1N(c1ccccc1)c1ccccc1. The molecule has 118 valence electrons. The zero-order valence-electron chi connectivity index (χ0n) is 14.3. The zero-order chi connectivity index (χ0) is 16.3. The van der Waals surface area contributed by atoms with Crippen molar-refractivity contribution in [3.63, 3.8) is 0 Å². The highest BCUT2D eigenvalue weighted by Crippen LogP contribution is 2.32. The molecule has 0 N–H and O–H groups in total. The lowest BCUT2D eigenvalue weighted by atomic mass is 9.62. The molecule has 2 aromatic carbocycles. The number of hydrogen-bond donors (Lipinski definition) is 0. The zero-order valence-corrected chi connectivity index (χ0v) is 14.3. The Morgan fingerprint density at radius 3 is 1.83 bits per heavy atom. The van der Waals surface area contributed by atoms with Crippen molar-refractivity contribution in [3.05, 3.63) is 72.8 Å². The highest BCUT2D eigenvalue weighted by Gasteiger charge is 2.38. The molecule has 0 amide bonds. The Labute approximate surface area is 140 Å². The van der Waals surface area contributed by atoms with Gasteiger partial charge in [0.15, 0.2) is 0 Å². The van der Waals surface area contributed by atoms with Gasteiger partial charge in [-0.05, 0) is 51.4 Å². The highest BCUT2D eigenvalue weighted by atomic mass is 15.3. The summed E-state index contributed by atoms with van der Waals surface area (Å²) >= 11 is 0. The fraction of sp³-hybridized carbons (Fsp3) is 0.300. The molecule has 0 bridgehead atoms. The van der Waals surface area contributed by atoms with E-state index in [1.54, 1.807) is 0 Å². The maximum Gasteiger partial charge on any atom is 0.352 e. The van der Waals surface area contributed by atoms with Crippen molar-refractivity contribution in [2.24, 2.45) is 0 Å². The number of para-hydroxylation sites is 2. The van der Waals surface area contributed by atoms with Crippen LogP contribution in [0.15, 0.2) is 72.8 Å². The Hall–Kier alpha value is -2.00. The van der Waals surface area contributed by atoms with Gasteiger partial charge in [0.05, 0.1) is 0 Å². The minimum Gasteiger partial charge on any atom is -0.371 e. The molecule has 0 aliphatic carbocycles. The fourth-order valence-electron chi connectivity index (χ4n) is 3.29. The van der Waals surface area contributed by atoms with Crippen LogP contribution in [-0.2, 0) is 0 Å². The normalized spacial score (nSPS) is 15.7. The maximum atomic E-state index is 2.58. The van der Waals surface area contributed by atoms with Crippen LogP contribution in [0.25, 0.3) is 0 Å². The van der Waals surface area contributed by atoms with E-state index in [4.69, 9.17) is 0 Å². The minimum absolute atomic E-state index is 0.122. The molecular weight excluding hydrogens is 279 g/mol. The average Bonchev–Trinajstić information content (AvgIpc) is 2.57. The van der Waals surface area contributed by atoms with Crippen LogP contribution in [0.2, 0.25) is 6.32 Å². The van der Waals surface area contributed by atoms with Crippen LogP contribution in [0.1, 0.15) is 20.8 Å². The summed E-state index contributed by atoms with van der Waals surface area (Å²) < 4.78 is 0. The highest BCUT2D eigenvalue weighted by molar-refractivity contribution is 6.63. The molecule has 2 aromatic rings. The second-order valence-corrected chi connectivity index (χ2v) is 7.05. The molecule has 0 saturated carbocycles. The number of anilines is 2.